The first-order valence-electron chi connectivity index (χ1n) is 8.77. The third-order valence-corrected chi connectivity index (χ3v) is 4.42. The first kappa shape index (κ1) is 19.7. The van der Waals surface area contributed by atoms with Crippen LogP contribution in [0.4, 0.5) is 0 Å². The van der Waals surface area contributed by atoms with Gasteiger partial charge >= 0.3 is 0 Å². The lowest BCUT2D eigenvalue weighted by atomic mass is 9.98. The number of nitrogens with zero attached hydrogens (tertiary/aromatic N) is 2. The Morgan fingerprint density at radius 1 is 0.885 bits per heavy atom. The van der Waals surface area contributed by atoms with Crippen LogP contribution >= 0.6 is 0 Å². The van der Waals surface area contributed by atoms with E-state index in [2.05, 4.69) is 43.3 Å². The van der Waals surface area contributed by atoms with Crippen LogP contribution in [0.25, 0.3) is 0 Å². The fourth-order valence-electron chi connectivity index (χ4n) is 2.71. The van der Waals surface area contributed by atoms with Crippen molar-refractivity contribution in [1.29, 1.82) is 0 Å². The first-order chi connectivity index (χ1) is 12.4. The number of hydrogen-bond acceptors (Lipinski definition) is 2. The summed E-state index contributed by atoms with van der Waals surface area (Å²) in [5.41, 5.74) is 3.51. The second-order valence-electron chi connectivity index (χ2n) is 6.78. The Balaban J connectivity index is 2.09. The summed E-state index contributed by atoms with van der Waals surface area (Å²) >= 11 is 0. The van der Waals surface area contributed by atoms with E-state index in [4.69, 9.17) is 0 Å². The normalized spacial score (nSPS) is 11.7. The van der Waals surface area contributed by atoms with Gasteiger partial charge in [0.15, 0.2) is 6.54 Å². The molecule has 5 heteroatoms. The number of quaternary nitrogens is 1. The smallest absolute Gasteiger partial charge is 0.277 e. The zero-order valence-corrected chi connectivity index (χ0v) is 16.0. The van der Waals surface area contributed by atoms with E-state index in [1.54, 1.807) is 21.1 Å². The average molecular weight is 354 g/mol. The molecule has 0 aliphatic rings. The molecule has 0 fully saturated rings. The lowest BCUT2D eigenvalue weighted by molar-refractivity contribution is -0.677. The van der Waals surface area contributed by atoms with Crippen molar-refractivity contribution in [2.24, 2.45) is 0 Å². The maximum atomic E-state index is 12.4. The van der Waals surface area contributed by atoms with Crippen LogP contribution in [-0.2, 0) is 9.59 Å². The van der Waals surface area contributed by atoms with Gasteiger partial charge in [-0.15, -0.1) is 0 Å². The highest BCUT2D eigenvalue weighted by Gasteiger charge is 2.21. The van der Waals surface area contributed by atoms with E-state index < -0.39 is 0 Å². The molecule has 0 saturated carbocycles. The molecule has 2 N–H and O–H groups in total. The molecule has 26 heavy (non-hydrogen) atoms. The van der Waals surface area contributed by atoms with E-state index in [0.717, 1.165) is 11.1 Å². The van der Waals surface area contributed by atoms with Gasteiger partial charge in [-0.05, 0) is 6.92 Å². The molecule has 0 aromatic heterocycles. The van der Waals surface area contributed by atoms with E-state index in [0.29, 0.717) is 0 Å². The van der Waals surface area contributed by atoms with E-state index in [1.165, 1.54) is 15.4 Å². The van der Waals surface area contributed by atoms with Crippen molar-refractivity contribution in [2.45, 2.75) is 13.0 Å². The maximum Gasteiger partial charge on any atom is 0.277 e. The molecule has 0 bridgehead atoms. The van der Waals surface area contributed by atoms with Crippen LogP contribution in [0, 0.1) is 6.92 Å². The Labute approximate surface area is 155 Å². The van der Waals surface area contributed by atoms with Crippen LogP contribution in [-0.4, -0.2) is 55.8 Å². The van der Waals surface area contributed by atoms with Crippen molar-refractivity contribution in [3.05, 3.63) is 71.3 Å². The number of amides is 2. The number of nitrogens with two attached hydrogens (primary N) is 1. The highest BCUT2D eigenvalue weighted by atomic mass is 16.2. The van der Waals surface area contributed by atoms with Gasteiger partial charge in [-0.2, -0.15) is 0 Å². The van der Waals surface area contributed by atoms with Crippen LogP contribution in [0.2, 0.25) is 0 Å². The summed E-state index contributed by atoms with van der Waals surface area (Å²) in [4.78, 5) is 27.2. The van der Waals surface area contributed by atoms with E-state index in [-0.39, 0.29) is 30.9 Å². The Bertz CT molecular complexity index is 727. The first-order valence-corrected chi connectivity index (χ1v) is 8.77. The van der Waals surface area contributed by atoms with Gasteiger partial charge in [0.05, 0.1) is 6.54 Å². The number of likely N-dealkylation sites (N-methyl/N-ethyl adjacent to an activating group) is 2. The quantitative estimate of drug-likeness (QED) is 0.812. The third-order valence-electron chi connectivity index (χ3n) is 4.42. The van der Waals surface area contributed by atoms with Crippen molar-refractivity contribution in [3.63, 3.8) is 0 Å². The summed E-state index contributed by atoms with van der Waals surface area (Å²) in [7, 11) is 5.05. The number of carbonyl (C=O) groups is 2. The number of rotatable bonds is 7. The summed E-state index contributed by atoms with van der Waals surface area (Å²) in [6.07, 6.45) is 0. The van der Waals surface area contributed by atoms with Crippen LogP contribution < -0.4 is 5.32 Å². The highest BCUT2D eigenvalue weighted by molar-refractivity contribution is 5.84. The summed E-state index contributed by atoms with van der Waals surface area (Å²) in [5, 5.41) is 2.03. The van der Waals surface area contributed by atoms with E-state index in [1.807, 2.05) is 23.5 Å². The zero-order chi connectivity index (χ0) is 19.1. The molecule has 0 spiro atoms. The van der Waals surface area contributed by atoms with Gasteiger partial charge in [-0.1, -0.05) is 60.2 Å². The predicted octanol–water partition coefficient (Wildman–Crippen LogP) is 1.19. The number of benzene rings is 2. The second-order valence-corrected chi connectivity index (χ2v) is 6.78. The predicted molar refractivity (Wildman–Crippen MR) is 103 cm³/mol. The Hall–Kier alpha value is -2.66. The minimum Gasteiger partial charge on any atom is -0.347 e. The van der Waals surface area contributed by atoms with Crippen LogP contribution in [0.1, 0.15) is 22.7 Å². The van der Waals surface area contributed by atoms with Crippen molar-refractivity contribution in [3.8, 4) is 0 Å². The molecule has 0 radical (unpaired) electrons. The molecule has 0 aliphatic carbocycles. The summed E-state index contributed by atoms with van der Waals surface area (Å²) in [5.74, 6) is -0.146. The molecule has 2 amide bonds. The summed E-state index contributed by atoms with van der Waals surface area (Å²) in [6.45, 7) is 2.44. The molecule has 2 aromatic carbocycles. The molecule has 2 aromatic rings. The van der Waals surface area contributed by atoms with Gasteiger partial charge < -0.3 is 15.1 Å². The van der Waals surface area contributed by atoms with Gasteiger partial charge in [-0.3, -0.25) is 9.59 Å². The van der Waals surface area contributed by atoms with Gasteiger partial charge in [0.1, 0.15) is 6.04 Å². The van der Waals surface area contributed by atoms with Crippen LogP contribution in [0.15, 0.2) is 54.6 Å². The van der Waals surface area contributed by atoms with Crippen LogP contribution in [0.3, 0.4) is 0 Å². The fraction of sp³-hybridized carbons (Fsp3) is 0.333. The number of hydrogen-bond donors (Lipinski definition) is 1. The lowest BCUT2D eigenvalue weighted by Gasteiger charge is -2.21. The lowest BCUT2D eigenvalue weighted by Crippen LogP contribution is -2.87. The molecule has 0 saturated heterocycles. The van der Waals surface area contributed by atoms with Crippen LogP contribution in [0.5, 0.6) is 0 Å². The van der Waals surface area contributed by atoms with Crippen molar-refractivity contribution < 1.29 is 14.9 Å². The highest BCUT2D eigenvalue weighted by Crippen LogP contribution is 2.18. The summed E-state index contributed by atoms with van der Waals surface area (Å²) < 4.78 is 0. The fourth-order valence-corrected chi connectivity index (χ4v) is 2.71. The minimum atomic E-state index is -0.0843. The minimum absolute atomic E-state index is 0.0405. The Kier molecular flexibility index (Phi) is 6.92. The SMILES string of the molecule is Cc1ccc([C@H]([NH2+]CC(=O)N(C)CC(=O)N(C)C)c2ccccc2)cc1. The molecule has 1 atom stereocenters. The second kappa shape index (κ2) is 9.15. The molecule has 0 aliphatic heterocycles. The number of carbonyl (C=O) groups excluding carboxylic acids is 2. The zero-order valence-electron chi connectivity index (χ0n) is 16.0. The Morgan fingerprint density at radius 3 is 2.04 bits per heavy atom. The van der Waals surface area contributed by atoms with Crippen molar-refractivity contribution >= 4 is 11.8 Å². The van der Waals surface area contributed by atoms with E-state index in [9.17, 15) is 9.59 Å². The molecule has 0 heterocycles. The number of aryl methyl sites for hydroxylation is 1. The standard InChI is InChI=1S/C21H27N3O2/c1-16-10-12-18(13-11-16)21(17-8-6-5-7-9-17)22-14-19(25)24(4)15-20(26)23(2)3/h5-13,21-22H,14-15H2,1-4H3/p+1/t21-/m1/s1. The van der Waals surface area contributed by atoms with Gasteiger partial charge in [0, 0.05) is 32.3 Å². The topological polar surface area (TPSA) is 57.2 Å². The Morgan fingerprint density at radius 2 is 1.46 bits per heavy atom. The van der Waals surface area contributed by atoms with Gasteiger partial charge in [-0.25, -0.2) is 0 Å². The maximum absolute atomic E-state index is 12.4. The monoisotopic (exact) mass is 354 g/mol. The van der Waals surface area contributed by atoms with Crippen molar-refractivity contribution in [1.82, 2.24) is 9.80 Å². The molecular formula is C21H28N3O2+. The van der Waals surface area contributed by atoms with Gasteiger partial charge in [0.2, 0.25) is 5.91 Å². The summed E-state index contributed by atoms with van der Waals surface area (Å²) in [6, 6.07) is 18.6. The molecule has 138 valence electrons. The molecule has 2 rings (SSSR count). The largest absolute Gasteiger partial charge is 0.347 e. The van der Waals surface area contributed by atoms with E-state index >= 15 is 0 Å². The van der Waals surface area contributed by atoms with Crippen molar-refractivity contribution in [2.75, 3.05) is 34.2 Å². The molecule has 0 unspecified atom stereocenters. The average Bonchev–Trinajstić information content (AvgIpc) is 2.63. The molecular weight excluding hydrogens is 326 g/mol. The molecule has 5 nitrogen and oxygen atoms in total. The van der Waals surface area contributed by atoms with Gasteiger partial charge in [0.25, 0.3) is 5.91 Å². The third kappa shape index (κ3) is 5.43.